The Hall–Kier alpha value is -1.91. The molecule has 4 heteroatoms. The second-order valence-electron chi connectivity index (χ2n) is 5.39. The van der Waals surface area contributed by atoms with Gasteiger partial charge in [-0.1, -0.05) is 48.1 Å². The topological polar surface area (TPSA) is 55.8 Å². The van der Waals surface area contributed by atoms with Crippen LogP contribution in [0.15, 0.2) is 53.6 Å². The summed E-state index contributed by atoms with van der Waals surface area (Å²) < 4.78 is 10.5. The van der Waals surface area contributed by atoms with Crippen LogP contribution in [-0.2, 0) is 20.9 Å². The molecule has 0 saturated heterocycles. The lowest BCUT2D eigenvalue weighted by Crippen LogP contribution is -2.06. The summed E-state index contributed by atoms with van der Waals surface area (Å²) in [6.45, 7) is 4.69. The Morgan fingerprint density at radius 2 is 1.91 bits per heavy atom. The van der Waals surface area contributed by atoms with Gasteiger partial charge < -0.3 is 14.6 Å². The van der Waals surface area contributed by atoms with Crippen LogP contribution in [0.2, 0.25) is 0 Å². The third-order valence-corrected chi connectivity index (χ3v) is 3.30. The predicted molar refractivity (Wildman–Crippen MR) is 90.9 cm³/mol. The Balaban J connectivity index is 2.23. The van der Waals surface area contributed by atoms with Crippen molar-refractivity contribution in [1.82, 2.24) is 0 Å². The molecule has 0 atom stereocenters. The summed E-state index contributed by atoms with van der Waals surface area (Å²) in [7, 11) is 0. The average molecular weight is 318 g/mol. The van der Waals surface area contributed by atoms with E-state index in [0.717, 1.165) is 18.4 Å². The largest absolute Gasteiger partial charge is 0.461 e. The van der Waals surface area contributed by atoms with Gasteiger partial charge in [0.05, 0.1) is 19.8 Å². The van der Waals surface area contributed by atoms with Crippen LogP contribution in [0.5, 0.6) is 0 Å². The normalized spacial score (nSPS) is 12.3. The van der Waals surface area contributed by atoms with E-state index < -0.39 is 0 Å². The molecule has 0 saturated carbocycles. The van der Waals surface area contributed by atoms with Crippen molar-refractivity contribution in [2.45, 2.75) is 33.3 Å². The molecule has 0 aliphatic carbocycles. The molecular weight excluding hydrogens is 292 g/mol. The van der Waals surface area contributed by atoms with Crippen molar-refractivity contribution >= 4 is 5.97 Å². The molecule has 23 heavy (non-hydrogen) atoms. The van der Waals surface area contributed by atoms with Crippen molar-refractivity contribution in [2.24, 2.45) is 0 Å². The van der Waals surface area contributed by atoms with Crippen molar-refractivity contribution in [2.75, 3.05) is 19.8 Å². The minimum Gasteiger partial charge on any atom is -0.461 e. The Labute approximate surface area is 138 Å². The fourth-order valence-electron chi connectivity index (χ4n) is 1.92. The first kappa shape index (κ1) is 19.1. The van der Waals surface area contributed by atoms with Crippen LogP contribution in [0, 0.1) is 0 Å². The highest BCUT2D eigenvalue weighted by molar-refractivity contribution is 5.66. The van der Waals surface area contributed by atoms with Gasteiger partial charge in [0.25, 0.3) is 0 Å². The molecule has 1 aromatic carbocycles. The zero-order valence-corrected chi connectivity index (χ0v) is 14.0. The Bertz CT molecular complexity index is 517. The SMILES string of the molecule is CC(=O)OC/C(=C\CC/C(C)=C/COCc1ccccc1)CO. The second kappa shape index (κ2) is 11.6. The molecule has 0 aliphatic rings. The first-order chi connectivity index (χ1) is 11.1. The number of aliphatic hydroxyl groups excluding tert-OH is 1. The van der Waals surface area contributed by atoms with Crippen LogP contribution in [0.1, 0.15) is 32.3 Å². The third-order valence-electron chi connectivity index (χ3n) is 3.30. The van der Waals surface area contributed by atoms with E-state index in [1.165, 1.54) is 18.1 Å². The molecule has 0 radical (unpaired) electrons. The number of esters is 1. The molecule has 126 valence electrons. The maximum atomic E-state index is 10.7. The van der Waals surface area contributed by atoms with Gasteiger partial charge in [-0.05, 0) is 30.9 Å². The molecule has 0 heterocycles. The summed E-state index contributed by atoms with van der Waals surface area (Å²) >= 11 is 0. The molecule has 0 unspecified atom stereocenters. The Kier molecular flexibility index (Phi) is 9.68. The molecule has 0 fully saturated rings. The van der Waals surface area contributed by atoms with E-state index in [0.29, 0.717) is 13.2 Å². The number of carbonyl (C=O) groups is 1. The minimum atomic E-state index is -0.337. The Morgan fingerprint density at radius 1 is 1.17 bits per heavy atom. The smallest absolute Gasteiger partial charge is 0.302 e. The number of carbonyl (C=O) groups excluding carboxylic acids is 1. The summed E-state index contributed by atoms with van der Waals surface area (Å²) in [5, 5.41) is 9.19. The molecule has 0 bridgehead atoms. The molecule has 0 spiro atoms. The quantitative estimate of drug-likeness (QED) is 0.408. The molecule has 0 aromatic heterocycles. The van der Waals surface area contributed by atoms with Crippen molar-refractivity contribution < 1.29 is 19.4 Å². The minimum absolute atomic E-state index is 0.0871. The number of rotatable bonds is 10. The highest BCUT2D eigenvalue weighted by Gasteiger charge is 1.99. The van der Waals surface area contributed by atoms with Crippen molar-refractivity contribution in [3.63, 3.8) is 0 Å². The lowest BCUT2D eigenvalue weighted by atomic mass is 10.1. The standard InChI is InChI=1S/C19H26O4/c1-16(7-6-10-19(13-20)15-23-17(2)21)11-12-22-14-18-8-4-3-5-9-18/h3-5,8-11,20H,6-7,12-15H2,1-2H3/b16-11+,19-10-. The molecule has 1 aromatic rings. The summed E-state index contributed by atoms with van der Waals surface area (Å²) in [4.78, 5) is 10.7. The van der Waals surface area contributed by atoms with Crippen molar-refractivity contribution in [3.05, 3.63) is 59.2 Å². The van der Waals surface area contributed by atoms with E-state index in [4.69, 9.17) is 9.47 Å². The van der Waals surface area contributed by atoms with Crippen LogP contribution in [0.3, 0.4) is 0 Å². The number of allylic oxidation sites excluding steroid dienone is 2. The van der Waals surface area contributed by atoms with E-state index in [9.17, 15) is 9.90 Å². The predicted octanol–water partition coefficient (Wildman–Crippen LogP) is 3.41. The van der Waals surface area contributed by atoms with Gasteiger partial charge in [0, 0.05) is 6.92 Å². The number of aliphatic hydroxyl groups is 1. The van der Waals surface area contributed by atoms with Gasteiger partial charge in [0.2, 0.25) is 0 Å². The molecule has 0 amide bonds. The zero-order chi connectivity index (χ0) is 16.9. The summed E-state index contributed by atoms with van der Waals surface area (Å²) in [6.07, 6.45) is 5.68. The number of ether oxygens (including phenoxy) is 2. The maximum absolute atomic E-state index is 10.7. The van der Waals surface area contributed by atoms with Gasteiger partial charge in [-0.3, -0.25) is 4.79 Å². The van der Waals surface area contributed by atoms with E-state index in [2.05, 4.69) is 13.0 Å². The highest BCUT2D eigenvalue weighted by atomic mass is 16.5. The van der Waals surface area contributed by atoms with Gasteiger partial charge in [0.1, 0.15) is 6.61 Å². The fraction of sp³-hybridized carbons (Fsp3) is 0.421. The van der Waals surface area contributed by atoms with Gasteiger partial charge in [0.15, 0.2) is 0 Å². The molecule has 1 N–H and O–H groups in total. The van der Waals surface area contributed by atoms with Crippen LogP contribution in [0.4, 0.5) is 0 Å². The Morgan fingerprint density at radius 3 is 2.57 bits per heavy atom. The van der Waals surface area contributed by atoms with Gasteiger partial charge >= 0.3 is 5.97 Å². The lowest BCUT2D eigenvalue weighted by molar-refractivity contribution is -0.140. The van der Waals surface area contributed by atoms with Crippen molar-refractivity contribution in [1.29, 1.82) is 0 Å². The second-order valence-corrected chi connectivity index (χ2v) is 5.39. The van der Waals surface area contributed by atoms with Crippen LogP contribution in [0.25, 0.3) is 0 Å². The van der Waals surface area contributed by atoms with E-state index in [-0.39, 0.29) is 19.2 Å². The van der Waals surface area contributed by atoms with E-state index in [1.807, 2.05) is 36.4 Å². The first-order valence-electron chi connectivity index (χ1n) is 7.81. The summed E-state index contributed by atoms with van der Waals surface area (Å²) in [6, 6.07) is 10.1. The van der Waals surface area contributed by atoms with Crippen LogP contribution >= 0.6 is 0 Å². The fourth-order valence-corrected chi connectivity index (χ4v) is 1.92. The molecule has 1 rings (SSSR count). The summed E-state index contributed by atoms with van der Waals surface area (Å²) in [5.41, 5.74) is 3.13. The highest BCUT2D eigenvalue weighted by Crippen LogP contribution is 2.08. The van der Waals surface area contributed by atoms with Crippen LogP contribution < -0.4 is 0 Å². The maximum Gasteiger partial charge on any atom is 0.302 e. The zero-order valence-electron chi connectivity index (χ0n) is 14.0. The van der Waals surface area contributed by atoms with Crippen molar-refractivity contribution in [3.8, 4) is 0 Å². The number of hydrogen-bond donors (Lipinski definition) is 1. The van der Waals surface area contributed by atoms with Gasteiger partial charge in [-0.15, -0.1) is 0 Å². The first-order valence-corrected chi connectivity index (χ1v) is 7.81. The average Bonchev–Trinajstić information content (AvgIpc) is 2.55. The monoisotopic (exact) mass is 318 g/mol. The van der Waals surface area contributed by atoms with Crippen LogP contribution in [-0.4, -0.2) is 30.9 Å². The third kappa shape index (κ3) is 9.66. The molecule has 0 aliphatic heterocycles. The molecular formula is C19H26O4. The molecule has 4 nitrogen and oxygen atoms in total. The lowest BCUT2D eigenvalue weighted by Gasteiger charge is -2.05. The van der Waals surface area contributed by atoms with E-state index >= 15 is 0 Å². The summed E-state index contributed by atoms with van der Waals surface area (Å²) in [5.74, 6) is -0.337. The van der Waals surface area contributed by atoms with E-state index in [1.54, 1.807) is 0 Å². The van der Waals surface area contributed by atoms with Gasteiger partial charge in [-0.25, -0.2) is 0 Å². The number of hydrogen-bond acceptors (Lipinski definition) is 4. The number of benzene rings is 1. The van der Waals surface area contributed by atoms with Gasteiger partial charge in [-0.2, -0.15) is 0 Å².